The quantitative estimate of drug-likeness (QED) is 0.508. The number of carbonyl (C=O) groups excluding carboxylic acids is 1. The molecule has 0 bridgehead atoms. The standard InChI is InChI=1S/C25H22O6/c1-27-18-9-10-19-22(14-18)31-24(25(19)26)13-16-8-11-21(23(12-16)29-3)30-15-17-6-4-5-7-20(17)28-2/h4-14H,15H2,1-3H3/b24-13-. The number of Topliss-reactive ketones (excluding diaryl/α,β-unsaturated/α-hetero) is 1. The predicted molar refractivity (Wildman–Crippen MR) is 116 cm³/mol. The molecule has 158 valence electrons. The van der Waals surface area contributed by atoms with Gasteiger partial charge in [-0.15, -0.1) is 0 Å². The molecule has 6 nitrogen and oxygen atoms in total. The summed E-state index contributed by atoms with van der Waals surface area (Å²) in [5, 5.41) is 0. The van der Waals surface area contributed by atoms with Crippen LogP contribution < -0.4 is 23.7 Å². The fourth-order valence-electron chi connectivity index (χ4n) is 3.32. The maximum absolute atomic E-state index is 12.6. The summed E-state index contributed by atoms with van der Waals surface area (Å²) in [5.74, 6) is 3.08. The molecule has 6 heteroatoms. The molecule has 1 aliphatic heterocycles. The van der Waals surface area contributed by atoms with Gasteiger partial charge in [0.2, 0.25) is 5.78 Å². The van der Waals surface area contributed by atoms with Crippen LogP contribution in [-0.4, -0.2) is 27.1 Å². The summed E-state index contributed by atoms with van der Waals surface area (Å²) >= 11 is 0. The van der Waals surface area contributed by atoms with E-state index in [0.717, 1.165) is 16.9 Å². The lowest BCUT2D eigenvalue weighted by Crippen LogP contribution is -2.01. The topological polar surface area (TPSA) is 63.2 Å². The minimum absolute atomic E-state index is 0.173. The van der Waals surface area contributed by atoms with Crippen LogP contribution in [0.4, 0.5) is 0 Å². The second-order valence-electron chi connectivity index (χ2n) is 6.81. The number of methoxy groups -OCH3 is 3. The molecule has 0 aliphatic carbocycles. The summed E-state index contributed by atoms with van der Waals surface area (Å²) in [4.78, 5) is 12.6. The normalized spacial score (nSPS) is 13.5. The van der Waals surface area contributed by atoms with E-state index in [9.17, 15) is 4.79 Å². The largest absolute Gasteiger partial charge is 0.497 e. The molecule has 31 heavy (non-hydrogen) atoms. The van der Waals surface area contributed by atoms with Crippen LogP contribution in [0, 0.1) is 0 Å². The number of ketones is 1. The minimum atomic E-state index is -0.173. The van der Waals surface area contributed by atoms with Gasteiger partial charge in [0.15, 0.2) is 17.3 Å². The highest BCUT2D eigenvalue weighted by Crippen LogP contribution is 2.36. The van der Waals surface area contributed by atoms with Gasteiger partial charge in [-0.25, -0.2) is 0 Å². The zero-order valence-electron chi connectivity index (χ0n) is 17.5. The van der Waals surface area contributed by atoms with Gasteiger partial charge in [-0.2, -0.15) is 0 Å². The van der Waals surface area contributed by atoms with Crippen molar-refractivity contribution in [1.29, 1.82) is 0 Å². The summed E-state index contributed by atoms with van der Waals surface area (Å²) in [6.45, 7) is 0.333. The second-order valence-corrected chi connectivity index (χ2v) is 6.81. The van der Waals surface area contributed by atoms with E-state index in [1.165, 1.54) is 0 Å². The van der Waals surface area contributed by atoms with Gasteiger partial charge in [0.1, 0.15) is 23.9 Å². The van der Waals surface area contributed by atoms with Gasteiger partial charge in [0.25, 0.3) is 0 Å². The van der Waals surface area contributed by atoms with Gasteiger partial charge in [-0.1, -0.05) is 24.3 Å². The lowest BCUT2D eigenvalue weighted by atomic mass is 10.1. The van der Waals surface area contributed by atoms with Crippen LogP contribution in [0.25, 0.3) is 6.08 Å². The Hall–Kier alpha value is -3.93. The van der Waals surface area contributed by atoms with Crippen LogP contribution in [0.3, 0.4) is 0 Å². The predicted octanol–water partition coefficient (Wildman–Crippen LogP) is 4.91. The summed E-state index contributed by atoms with van der Waals surface area (Å²) in [5.41, 5.74) is 2.19. The first kappa shape index (κ1) is 20.3. The van der Waals surface area contributed by atoms with Crippen LogP contribution in [0.1, 0.15) is 21.5 Å². The molecule has 0 unspecified atom stereocenters. The smallest absolute Gasteiger partial charge is 0.231 e. The summed E-state index contributed by atoms with van der Waals surface area (Å²) in [6.07, 6.45) is 1.68. The number of carbonyl (C=O) groups is 1. The van der Waals surface area contributed by atoms with Gasteiger partial charge < -0.3 is 23.7 Å². The number of fused-ring (bicyclic) bond motifs is 1. The molecule has 1 aliphatic rings. The highest BCUT2D eigenvalue weighted by molar-refractivity contribution is 6.14. The van der Waals surface area contributed by atoms with Gasteiger partial charge in [-0.3, -0.25) is 4.79 Å². The molecule has 3 aromatic carbocycles. The molecule has 1 heterocycles. The number of allylic oxidation sites excluding steroid dienone is 1. The maximum atomic E-state index is 12.6. The number of hydrogen-bond acceptors (Lipinski definition) is 6. The summed E-state index contributed by atoms with van der Waals surface area (Å²) < 4.78 is 27.7. The fourth-order valence-corrected chi connectivity index (χ4v) is 3.32. The van der Waals surface area contributed by atoms with Crippen molar-refractivity contribution in [3.8, 4) is 28.7 Å². The molecule has 0 amide bonds. The first-order chi connectivity index (χ1) is 15.1. The van der Waals surface area contributed by atoms with E-state index in [1.807, 2.05) is 30.3 Å². The van der Waals surface area contributed by atoms with Crippen LogP contribution in [-0.2, 0) is 6.61 Å². The van der Waals surface area contributed by atoms with Gasteiger partial charge in [0.05, 0.1) is 26.9 Å². The number of ether oxygens (including phenoxy) is 5. The number of benzene rings is 3. The third kappa shape index (κ3) is 4.19. The molecule has 0 saturated heterocycles. The Labute approximate surface area is 180 Å². The molecular formula is C25H22O6. The highest BCUT2D eigenvalue weighted by atomic mass is 16.5. The first-order valence-corrected chi connectivity index (χ1v) is 9.68. The van der Waals surface area contributed by atoms with Gasteiger partial charge in [0, 0.05) is 11.6 Å². The van der Waals surface area contributed by atoms with Gasteiger partial charge in [-0.05, 0) is 42.0 Å². The molecule has 0 radical (unpaired) electrons. The van der Waals surface area contributed by atoms with Crippen LogP contribution in [0.2, 0.25) is 0 Å². The summed E-state index contributed by atoms with van der Waals surface area (Å²) in [7, 11) is 4.77. The van der Waals surface area contributed by atoms with Crippen molar-refractivity contribution in [2.45, 2.75) is 6.61 Å². The van der Waals surface area contributed by atoms with Crippen LogP contribution >= 0.6 is 0 Å². The SMILES string of the molecule is COc1ccc2c(c1)O/C(=C\c1ccc(OCc3ccccc3OC)c(OC)c1)C2=O. The number of hydrogen-bond donors (Lipinski definition) is 0. The van der Waals surface area contributed by atoms with Crippen molar-refractivity contribution in [1.82, 2.24) is 0 Å². The van der Waals surface area contributed by atoms with Crippen molar-refractivity contribution < 1.29 is 28.5 Å². The lowest BCUT2D eigenvalue weighted by molar-refractivity contribution is 0.101. The van der Waals surface area contributed by atoms with E-state index in [0.29, 0.717) is 35.2 Å². The van der Waals surface area contributed by atoms with Crippen LogP contribution in [0.5, 0.6) is 28.7 Å². The third-order valence-corrected chi connectivity index (χ3v) is 4.94. The highest BCUT2D eigenvalue weighted by Gasteiger charge is 2.27. The lowest BCUT2D eigenvalue weighted by Gasteiger charge is -2.13. The average Bonchev–Trinajstić information content (AvgIpc) is 3.12. The molecule has 0 fully saturated rings. The molecule has 0 saturated carbocycles. The van der Waals surface area contributed by atoms with Crippen molar-refractivity contribution in [3.05, 3.63) is 83.1 Å². The van der Waals surface area contributed by atoms with Gasteiger partial charge >= 0.3 is 0 Å². The monoisotopic (exact) mass is 418 g/mol. The molecule has 4 rings (SSSR count). The van der Waals surface area contributed by atoms with E-state index in [1.54, 1.807) is 57.7 Å². The zero-order chi connectivity index (χ0) is 21.8. The number of rotatable bonds is 7. The van der Waals surface area contributed by atoms with E-state index < -0.39 is 0 Å². The van der Waals surface area contributed by atoms with Crippen LogP contribution in [0.15, 0.2) is 66.4 Å². The Morgan fingerprint density at radius 1 is 0.839 bits per heavy atom. The number of para-hydroxylation sites is 1. The fraction of sp³-hybridized carbons (Fsp3) is 0.160. The Kier molecular flexibility index (Phi) is 5.80. The van der Waals surface area contributed by atoms with E-state index in [-0.39, 0.29) is 11.5 Å². The molecule has 0 spiro atoms. The van der Waals surface area contributed by atoms with Crippen molar-refractivity contribution in [3.63, 3.8) is 0 Å². The van der Waals surface area contributed by atoms with E-state index >= 15 is 0 Å². The molecular weight excluding hydrogens is 396 g/mol. The molecule has 3 aromatic rings. The van der Waals surface area contributed by atoms with Crippen molar-refractivity contribution in [2.24, 2.45) is 0 Å². The zero-order valence-corrected chi connectivity index (χ0v) is 17.5. The van der Waals surface area contributed by atoms with Crippen molar-refractivity contribution in [2.75, 3.05) is 21.3 Å². The molecule has 0 atom stereocenters. The third-order valence-electron chi connectivity index (χ3n) is 4.94. The maximum Gasteiger partial charge on any atom is 0.231 e. The molecule has 0 aromatic heterocycles. The average molecular weight is 418 g/mol. The Bertz CT molecular complexity index is 1150. The molecule has 0 N–H and O–H groups in total. The first-order valence-electron chi connectivity index (χ1n) is 9.68. The Balaban J connectivity index is 1.54. The van der Waals surface area contributed by atoms with E-state index in [2.05, 4.69) is 0 Å². The van der Waals surface area contributed by atoms with Crippen molar-refractivity contribution >= 4 is 11.9 Å². The summed E-state index contributed by atoms with van der Waals surface area (Å²) in [6, 6.07) is 18.2. The Morgan fingerprint density at radius 2 is 1.65 bits per heavy atom. The Morgan fingerprint density at radius 3 is 2.42 bits per heavy atom. The van der Waals surface area contributed by atoms with E-state index in [4.69, 9.17) is 23.7 Å². The minimum Gasteiger partial charge on any atom is -0.497 e. The second kappa shape index (κ2) is 8.83.